The predicted molar refractivity (Wildman–Crippen MR) is 58.3 cm³/mol. The van der Waals surface area contributed by atoms with Crippen molar-refractivity contribution in [1.82, 2.24) is 9.03 Å². The fourth-order valence-electron chi connectivity index (χ4n) is 1.85. The van der Waals surface area contributed by atoms with Crippen LogP contribution in [0.5, 0.6) is 0 Å². The summed E-state index contributed by atoms with van der Waals surface area (Å²) in [5.41, 5.74) is -0.896. The van der Waals surface area contributed by atoms with Gasteiger partial charge in [0.15, 0.2) is 0 Å². The van der Waals surface area contributed by atoms with E-state index in [-0.39, 0.29) is 0 Å². The Hall–Kier alpha value is -2.43. The number of rotatable bonds is 0. The van der Waals surface area contributed by atoms with Gasteiger partial charge in [-0.1, -0.05) is 12.1 Å². The van der Waals surface area contributed by atoms with Crippen LogP contribution in [-0.4, -0.2) is 9.03 Å². The van der Waals surface area contributed by atoms with Gasteiger partial charge in [0.2, 0.25) is 0 Å². The standard InChI is InChI=1S/C11H6N2O3/c14-9-5-6-10(15)13-11(16)7-3-1-2-4-8(7)12(9)13/h1-6H. The molecule has 2 aromatic heterocycles. The van der Waals surface area contributed by atoms with Crippen LogP contribution in [0.1, 0.15) is 0 Å². The second kappa shape index (κ2) is 2.79. The van der Waals surface area contributed by atoms with E-state index in [2.05, 4.69) is 0 Å². The number of aromatic nitrogens is 2. The van der Waals surface area contributed by atoms with Crippen LogP contribution < -0.4 is 16.7 Å². The molecule has 3 aromatic rings. The van der Waals surface area contributed by atoms with E-state index >= 15 is 0 Å². The van der Waals surface area contributed by atoms with E-state index in [0.29, 0.717) is 10.9 Å². The Bertz CT molecular complexity index is 860. The minimum Gasteiger partial charge on any atom is -0.267 e. The summed E-state index contributed by atoms with van der Waals surface area (Å²) >= 11 is 0. The van der Waals surface area contributed by atoms with Gasteiger partial charge in [-0.05, 0) is 12.1 Å². The average molecular weight is 214 g/mol. The summed E-state index contributed by atoms with van der Waals surface area (Å²) in [6.45, 7) is 0. The number of fused-ring (bicyclic) bond motifs is 3. The van der Waals surface area contributed by atoms with Gasteiger partial charge in [0, 0.05) is 12.1 Å². The van der Waals surface area contributed by atoms with Gasteiger partial charge in [-0.3, -0.25) is 14.4 Å². The number of benzene rings is 1. The minimum absolute atomic E-state index is 0.368. The largest absolute Gasteiger partial charge is 0.282 e. The topological polar surface area (TPSA) is 60.0 Å². The molecule has 3 rings (SSSR count). The molecule has 2 heterocycles. The lowest BCUT2D eigenvalue weighted by Gasteiger charge is -1.93. The van der Waals surface area contributed by atoms with Gasteiger partial charge in [-0.25, -0.2) is 4.52 Å². The highest BCUT2D eigenvalue weighted by molar-refractivity contribution is 5.78. The normalized spacial score (nSPS) is 11.2. The van der Waals surface area contributed by atoms with Crippen molar-refractivity contribution in [3.63, 3.8) is 0 Å². The SMILES string of the molecule is O=c1ccc(=O)n2c3ccccc3c(=O)n12. The highest BCUT2D eigenvalue weighted by Gasteiger charge is 2.10. The lowest BCUT2D eigenvalue weighted by Crippen LogP contribution is -2.32. The monoisotopic (exact) mass is 214 g/mol. The van der Waals surface area contributed by atoms with E-state index in [9.17, 15) is 14.4 Å². The van der Waals surface area contributed by atoms with Gasteiger partial charge >= 0.3 is 0 Å². The molecule has 0 aliphatic carbocycles. The summed E-state index contributed by atoms with van der Waals surface area (Å²) in [5.74, 6) is 0. The summed E-state index contributed by atoms with van der Waals surface area (Å²) in [7, 11) is 0. The molecule has 0 spiro atoms. The zero-order chi connectivity index (χ0) is 11.3. The van der Waals surface area contributed by atoms with Crippen LogP contribution in [0.3, 0.4) is 0 Å². The maximum atomic E-state index is 11.9. The van der Waals surface area contributed by atoms with E-state index in [1.807, 2.05) is 0 Å². The molecule has 0 bridgehead atoms. The number of para-hydroxylation sites is 1. The highest BCUT2D eigenvalue weighted by Crippen LogP contribution is 2.06. The zero-order valence-electron chi connectivity index (χ0n) is 8.08. The van der Waals surface area contributed by atoms with Gasteiger partial charge in [-0.15, -0.1) is 0 Å². The first-order valence-corrected chi connectivity index (χ1v) is 4.69. The molecule has 5 heteroatoms. The Morgan fingerprint density at radius 2 is 1.38 bits per heavy atom. The van der Waals surface area contributed by atoms with Crippen molar-refractivity contribution in [2.24, 2.45) is 0 Å². The maximum absolute atomic E-state index is 11.9. The Morgan fingerprint density at radius 3 is 2.12 bits per heavy atom. The average Bonchev–Trinajstić information content (AvgIpc) is 2.60. The third kappa shape index (κ3) is 0.916. The van der Waals surface area contributed by atoms with Gasteiger partial charge in [0.1, 0.15) is 0 Å². The first-order valence-electron chi connectivity index (χ1n) is 4.69. The van der Waals surface area contributed by atoms with E-state index in [4.69, 9.17) is 0 Å². The molecule has 0 N–H and O–H groups in total. The molecule has 0 atom stereocenters. The van der Waals surface area contributed by atoms with Crippen LogP contribution >= 0.6 is 0 Å². The summed E-state index contributed by atoms with van der Waals surface area (Å²) < 4.78 is 1.95. The fraction of sp³-hybridized carbons (Fsp3) is 0. The third-order valence-corrected chi connectivity index (χ3v) is 2.54. The number of hydrogen-bond acceptors (Lipinski definition) is 3. The van der Waals surface area contributed by atoms with Crippen LogP contribution in [0.2, 0.25) is 0 Å². The predicted octanol–water partition coefficient (Wildman–Crippen LogP) is -0.290. The highest BCUT2D eigenvalue weighted by atomic mass is 16.2. The molecule has 0 radical (unpaired) electrons. The smallest absolute Gasteiger partial charge is 0.267 e. The van der Waals surface area contributed by atoms with E-state index in [0.717, 1.165) is 21.2 Å². The zero-order valence-corrected chi connectivity index (χ0v) is 8.08. The van der Waals surface area contributed by atoms with E-state index in [1.54, 1.807) is 24.3 Å². The Labute approximate surface area is 88.1 Å². The van der Waals surface area contributed by atoms with Crippen LogP contribution in [-0.2, 0) is 0 Å². The van der Waals surface area contributed by atoms with Gasteiger partial charge in [0.05, 0.1) is 10.9 Å². The fourth-order valence-corrected chi connectivity index (χ4v) is 1.85. The van der Waals surface area contributed by atoms with Crippen molar-refractivity contribution >= 4 is 10.9 Å². The minimum atomic E-state index is -0.499. The number of nitrogens with zero attached hydrogens (tertiary/aromatic N) is 2. The van der Waals surface area contributed by atoms with Crippen molar-refractivity contribution in [2.75, 3.05) is 0 Å². The summed E-state index contributed by atoms with van der Waals surface area (Å²) in [4.78, 5) is 35.0. The molecule has 5 nitrogen and oxygen atoms in total. The van der Waals surface area contributed by atoms with Crippen molar-refractivity contribution in [2.45, 2.75) is 0 Å². The van der Waals surface area contributed by atoms with Crippen molar-refractivity contribution in [1.29, 1.82) is 0 Å². The first kappa shape index (κ1) is 8.84. The molecule has 1 aromatic carbocycles. The second-order valence-corrected chi connectivity index (χ2v) is 3.46. The molecule has 0 amide bonds. The van der Waals surface area contributed by atoms with Crippen LogP contribution in [0.15, 0.2) is 50.8 Å². The number of hydrogen-bond donors (Lipinski definition) is 0. The van der Waals surface area contributed by atoms with Crippen molar-refractivity contribution in [3.8, 4) is 0 Å². The molecule has 0 unspecified atom stereocenters. The lowest BCUT2D eigenvalue weighted by molar-refractivity contribution is 0.756. The second-order valence-electron chi connectivity index (χ2n) is 3.46. The Morgan fingerprint density at radius 1 is 0.750 bits per heavy atom. The Balaban J connectivity index is 2.91. The third-order valence-electron chi connectivity index (χ3n) is 2.54. The van der Waals surface area contributed by atoms with E-state index < -0.39 is 16.7 Å². The van der Waals surface area contributed by atoms with Crippen molar-refractivity contribution < 1.29 is 0 Å². The quantitative estimate of drug-likeness (QED) is 0.516. The van der Waals surface area contributed by atoms with Crippen LogP contribution in [0, 0.1) is 0 Å². The first-order chi connectivity index (χ1) is 7.70. The molecular weight excluding hydrogens is 208 g/mol. The lowest BCUT2D eigenvalue weighted by atomic mass is 10.2. The van der Waals surface area contributed by atoms with Crippen molar-refractivity contribution in [3.05, 3.63) is 67.5 Å². The van der Waals surface area contributed by atoms with E-state index in [1.165, 1.54) is 0 Å². The Kier molecular flexibility index (Phi) is 1.54. The van der Waals surface area contributed by atoms with Crippen LogP contribution in [0.25, 0.3) is 10.9 Å². The van der Waals surface area contributed by atoms with Gasteiger partial charge in [-0.2, -0.15) is 4.52 Å². The molecule has 0 aliphatic heterocycles. The molecule has 0 saturated carbocycles. The molecule has 0 fully saturated rings. The molecule has 78 valence electrons. The summed E-state index contributed by atoms with van der Waals surface area (Å²) in [6.07, 6.45) is 0. The maximum Gasteiger partial charge on any atom is 0.282 e. The summed E-state index contributed by atoms with van der Waals surface area (Å²) in [6, 6.07) is 8.90. The molecule has 16 heavy (non-hydrogen) atoms. The summed E-state index contributed by atoms with van der Waals surface area (Å²) in [5, 5.41) is 0.368. The van der Waals surface area contributed by atoms with Gasteiger partial charge in [0.25, 0.3) is 16.7 Å². The molecular formula is C11H6N2O3. The molecule has 0 aliphatic rings. The van der Waals surface area contributed by atoms with Gasteiger partial charge < -0.3 is 0 Å². The molecule has 0 saturated heterocycles. The van der Waals surface area contributed by atoms with Crippen LogP contribution in [0.4, 0.5) is 0 Å².